The van der Waals surface area contributed by atoms with Crippen molar-refractivity contribution in [3.8, 4) is 0 Å². The van der Waals surface area contributed by atoms with Gasteiger partial charge in [-0.25, -0.2) is 0 Å². The Labute approximate surface area is 103 Å². The fourth-order valence-electron chi connectivity index (χ4n) is 1.68. The van der Waals surface area contributed by atoms with Crippen molar-refractivity contribution in [2.45, 2.75) is 26.8 Å². The second-order valence-electron chi connectivity index (χ2n) is 3.84. The zero-order chi connectivity index (χ0) is 12.5. The molecule has 0 unspecified atom stereocenters. The summed E-state index contributed by atoms with van der Waals surface area (Å²) < 4.78 is 1.87. The fourth-order valence-corrected chi connectivity index (χ4v) is 1.68. The third-order valence-electron chi connectivity index (χ3n) is 2.71. The van der Waals surface area contributed by atoms with Crippen molar-refractivity contribution < 1.29 is 4.79 Å². The molecule has 1 N–H and O–H groups in total. The summed E-state index contributed by atoms with van der Waals surface area (Å²) in [5.74, 6) is 0.224. The Kier molecular flexibility index (Phi) is 6.32. The minimum absolute atomic E-state index is 0.224. The topological polar surface area (TPSA) is 50.2 Å². The van der Waals surface area contributed by atoms with E-state index in [0.717, 1.165) is 32.7 Å². The van der Waals surface area contributed by atoms with Gasteiger partial charge in [-0.2, -0.15) is 5.10 Å². The molecule has 1 heterocycles. The number of nitrogens with one attached hydrogen (secondary N) is 1. The molecule has 0 saturated heterocycles. The first-order chi connectivity index (χ1) is 8.27. The molecular formula is C12H22N4O. The van der Waals surface area contributed by atoms with Crippen LogP contribution in [0.5, 0.6) is 0 Å². The number of hydrogen-bond acceptors (Lipinski definition) is 3. The van der Waals surface area contributed by atoms with Gasteiger partial charge in [0.1, 0.15) is 0 Å². The summed E-state index contributed by atoms with van der Waals surface area (Å²) in [7, 11) is 0. The zero-order valence-corrected chi connectivity index (χ0v) is 10.7. The molecule has 0 atom stereocenters. The van der Waals surface area contributed by atoms with E-state index in [1.807, 2.05) is 35.7 Å². The summed E-state index contributed by atoms with van der Waals surface area (Å²) >= 11 is 0. The number of amides is 1. The molecule has 0 radical (unpaired) electrons. The summed E-state index contributed by atoms with van der Waals surface area (Å²) in [5, 5.41) is 7.35. The Morgan fingerprint density at radius 2 is 2.12 bits per heavy atom. The van der Waals surface area contributed by atoms with Gasteiger partial charge < -0.3 is 10.2 Å². The molecule has 17 heavy (non-hydrogen) atoms. The number of rotatable bonds is 8. The summed E-state index contributed by atoms with van der Waals surface area (Å²) in [5.41, 5.74) is 0. The lowest BCUT2D eigenvalue weighted by Gasteiger charge is -2.18. The van der Waals surface area contributed by atoms with E-state index < -0.39 is 0 Å². The van der Waals surface area contributed by atoms with Crippen LogP contribution < -0.4 is 5.32 Å². The Hall–Kier alpha value is -1.36. The normalized spacial score (nSPS) is 10.5. The zero-order valence-electron chi connectivity index (χ0n) is 10.7. The number of hydrogen-bond donors (Lipinski definition) is 1. The van der Waals surface area contributed by atoms with Gasteiger partial charge in [0, 0.05) is 45.0 Å². The second kappa shape index (κ2) is 7.84. The van der Waals surface area contributed by atoms with Crippen LogP contribution in [0.3, 0.4) is 0 Å². The summed E-state index contributed by atoms with van der Waals surface area (Å²) in [6.45, 7) is 8.01. The Morgan fingerprint density at radius 1 is 1.35 bits per heavy atom. The highest BCUT2D eigenvalue weighted by Crippen LogP contribution is 1.92. The highest BCUT2D eigenvalue weighted by Gasteiger charge is 2.07. The van der Waals surface area contributed by atoms with Gasteiger partial charge in [0.25, 0.3) is 0 Å². The van der Waals surface area contributed by atoms with Crippen LogP contribution >= 0.6 is 0 Å². The monoisotopic (exact) mass is 238 g/mol. The van der Waals surface area contributed by atoms with Gasteiger partial charge in [-0.1, -0.05) is 0 Å². The molecule has 0 aromatic carbocycles. The van der Waals surface area contributed by atoms with E-state index in [1.54, 1.807) is 6.20 Å². The Morgan fingerprint density at radius 3 is 2.71 bits per heavy atom. The maximum atomic E-state index is 11.7. The van der Waals surface area contributed by atoms with Crippen LogP contribution in [0.15, 0.2) is 18.5 Å². The number of carbonyl (C=O) groups excluding carboxylic acids is 1. The predicted octanol–water partition coefficient (Wildman–Crippen LogP) is 0.731. The van der Waals surface area contributed by atoms with Crippen LogP contribution in [-0.2, 0) is 11.3 Å². The minimum atomic E-state index is 0.224. The van der Waals surface area contributed by atoms with Crippen molar-refractivity contribution in [1.82, 2.24) is 20.0 Å². The molecule has 0 bridgehead atoms. The van der Waals surface area contributed by atoms with Crippen molar-refractivity contribution in [2.24, 2.45) is 0 Å². The average Bonchev–Trinajstić information content (AvgIpc) is 2.83. The predicted molar refractivity (Wildman–Crippen MR) is 67.6 cm³/mol. The van der Waals surface area contributed by atoms with Crippen LogP contribution in [0, 0.1) is 0 Å². The maximum absolute atomic E-state index is 11.7. The Balaban J connectivity index is 2.05. The van der Waals surface area contributed by atoms with Crippen molar-refractivity contribution in [1.29, 1.82) is 0 Å². The molecule has 0 aliphatic heterocycles. The molecule has 0 fully saturated rings. The van der Waals surface area contributed by atoms with E-state index in [4.69, 9.17) is 0 Å². The Bertz CT molecular complexity index is 306. The van der Waals surface area contributed by atoms with Gasteiger partial charge >= 0.3 is 0 Å². The van der Waals surface area contributed by atoms with Gasteiger partial charge in [0.15, 0.2) is 0 Å². The van der Waals surface area contributed by atoms with Crippen LogP contribution in [0.4, 0.5) is 0 Å². The van der Waals surface area contributed by atoms with E-state index in [-0.39, 0.29) is 5.91 Å². The lowest BCUT2D eigenvalue weighted by Crippen LogP contribution is -2.33. The lowest BCUT2D eigenvalue weighted by molar-refractivity contribution is -0.130. The smallest absolute Gasteiger partial charge is 0.223 e. The van der Waals surface area contributed by atoms with E-state index in [9.17, 15) is 4.79 Å². The average molecular weight is 238 g/mol. The summed E-state index contributed by atoms with van der Waals surface area (Å²) in [6, 6.07) is 1.91. The second-order valence-corrected chi connectivity index (χ2v) is 3.84. The van der Waals surface area contributed by atoms with Gasteiger partial charge in [-0.15, -0.1) is 0 Å². The molecule has 0 aliphatic rings. The van der Waals surface area contributed by atoms with E-state index in [1.165, 1.54) is 0 Å². The van der Waals surface area contributed by atoms with E-state index in [0.29, 0.717) is 6.42 Å². The largest absolute Gasteiger partial charge is 0.343 e. The standard InChI is InChI=1S/C12H22N4O/c1-3-15(4-2)12(17)6-8-13-9-11-16-10-5-7-14-16/h5,7,10,13H,3-4,6,8-9,11H2,1-2H3. The summed E-state index contributed by atoms with van der Waals surface area (Å²) in [4.78, 5) is 13.5. The van der Waals surface area contributed by atoms with E-state index in [2.05, 4.69) is 10.4 Å². The summed E-state index contributed by atoms with van der Waals surface area (Å²) in [6.07, 6.45) is 4.27. The molecule has 1 aromatic heterocycles. The van der Waals surface area contributed by atoms with Crippen molar-refractivity contribution in [2.75, 3.05) is 26.2 Å². The van der Waals surface area contributed by atoms with Crippen molar-refractivity contribution in [3.63, 3.8) is 0 Å². The van der Waals surface area contributed by atoms with Gasteiger partial charge in [0.2, 0.25) is 5.91 Å². The van der Waals surface area contributed by atoms with Crippen LogP contribution in [0.1, 0.15) is 20.3 Å². The molecule has 0 saturated carbocycles. The number of aromatic nitrogens is 2. The molecule has 5 heteroatoms. The molecule has 5 nitrogen and oxygen atoms in total. The van der Waals surface area contributed by atoms with Crippen LogP contribution in [-0.4, -0.2) is 46.8 Å². The maximum Gasteiger partial charge on any atom is 0.223 e. The molecule has 0 spiro atoms. The molecule has 1 amide bonds. The lowest BCUT2D eigenvalue weighted by atomic mass is 10.3. The van der Waals surface area contributed by atoms with E-state index >= 15 is 0 Å². The SMILES string of the molecule is CCN(CC)C(=O)CCNCCn1cccn1. The fraction of sp³-hybridized carbons (Fsp3) is 0.667. The minimum Gasteiger partial charge on any atom is -0.343 e. The first-order valence-electron chi connectivity index (χ1n) is 6.23. The van der Waals surface area contributed by atoms with Crippen LogP contribution in [0.25, 0.3) is 0 Å². The molecule has 1 aromatic rings. The van der Waals surface area contributed by atoms with Crippen molar-refractivity contribution in [3.05, 3.63) is 18.5 Å². The first-order valence-corrected chi connectivity index (χ1v) is 6.23. The number of carbonyl (C=O) groups is 1. The number of nitrogens with zero attached hydrogens (tertiary/aromatic N) is 3. The highest BCUT2D eigenvalue weighted by atomic mass is 16.2. The molecule has 0 aliphatic carbocycles. The third-order valence-corrected chi connectivity index (χ3v) is 2.71. The van der Waals surface area contributed by atoms with Gasteiger partial charge in [-0.05, 0) is 19.9 Å². The van der Waals surface area contributed by atoms with Gasteiger partial charge in [-0.3, -0.25) is 9.48 Å². The molecule has 96 valence electrons. The quantitative estimate of drug-likeness (QED) is 0.679. The van der Waals surface area contributed by atoms with Gasteiger partial charge in [0.05, 0.1) is 6.54 Å². The van der Waals surface area contributed by atoms with Crippen molar-refractivity contribution >= 4 is 5.91 Å². The first kappa shape index (κ1) is 13.7. The van der Waals surface area contributed by atoms with Crippen LogP contribution in [0.2, 0.25) is 0 Å². The molecular weight excluding hydrogens is 216 g/mol. The third kappa shape index (κ3) is 4.99. The molecule has 1 rings (SSSR count). The highest BCUT2D eigenvalue weighted by molar-refractivity contribution is 5.76.